The second kappa shape index (κ2) is 6.20. The first-order valence-electron chi connectivity index (χ1n) is 7.42. The van der Waals surface area contributed by atoms with Gasteiger partial charge in [0.1, 0.15) is 11.6 Å². The fourth-order valence-corrected chi connectivity index (χ4v) is 3.01. The summed E-state index contributed by atoms with van der Waals surface area (Å²) in [4.78, 5) is 6.71. The highest BCUT2D eigenvalue weighted by molar-refractivity contribution is 6.37. The van der Waals surface area contributed by atoms with Crippen molar-refractivity contribution in [3.05, 3.63) is 57.9 Å². The first-order chi connectivity index (χ1) is 11.0. The lowest BCUT2D eigenvalue weighted by atomic mass is 9.97. The van der Waals surface area contributed by atoms with E-state index < -0.39 is 0 Å². The fraction of sp³-hybridized carbons (Fsp3) is 0.278. The predicted octanol–water partition coefficient (Wildman–Crippen LogP) is 4.08. The lowest BCUT2D eigenvalue weighted by Crippen LogP contribution is -2.20. The number of benzene rings is 2. The van der Waals surface area contributed by atoms with Gasteiger partial charge in [-0.25, -0.2) is 4.39 Å². The van der Waals surface area contributed by atoms with E-state index in [4.69, 9.17) is 16.3 Å². The summed E-state index contributed by atoms with van der Waals surface area (Å²) in [5, 5.41) is 0.609. The van der Waals surface area contributed by atoms with E-state index in [2.05, 4.69) is 9.89 Å². The Balaban J connectivity index is 2.27. The molecule has 0 aromatic heterocycles. The number of methoxy groups -OCH3 is 1. The van der Waals surface area contributed by atoms with Crippen LogP contribution in [0.4, 0.5) is 10.1 Å². The minimum Gasteiger partial charge on any atom is -0.497 e. The van der Waals surface area contributed by atoms with Gasteiger partial charge in [-0.3, -0.25) is 4.99 Å². The number of likely N-dealkylation sites (N-methyl/N-ethyl adjacent to an activating group) is 1. The number of rotatable bonds is 2. The third-order valence-electron chi connectivity index (χ3n) is 4.10. The molecule has 0 saturated carbocycles. The largest absolute Gasteiger partial charge is 0.497 e. The van der Waals surface area contributed by atoms with Crippen molar-refractivity contribution in [1.29, 1.82) is 0 Å². The fourth-order valence-electron chi connectivity index (χ4n) is 2.76. The number of benzodiazepines with no additional fused rings is 1. The standard InChI is InChI=1S/C18H18ClFN2O/c1-11-4-7-15-16(17(11)19)18(21-8-9-22(15)2)13-10-12(23-3)5-6-14(13)20/h4-7,10H,8-9H2,1-3H3. The number of nitrogens with zero attached hydrogens (tertiary/aromatic N) is 2. The number of aliphatic imine (C=N–C) groups is 1. The molecule has 0 unspecified atom stereocenters. The van der Waals surface area contributed by atoms with Crippen molar-refractivity contribution in [2.75, 3.05) is 32.1 Å². The van der Waals surface area contributed by atoms with Crippen molar-refractivity contribution in [3.63, 3.8) is 0 Å². The van der Waals surface area contributed by atoms with E-state index in [9.17, 15) is 4.39 Å². The molecule has 0 amide bonds. The maximum absolute atomic E-state index is 14.5. The molecule has 0 bridgehead atoms. The minimum atomic E-state index is -0.336. The highest BCUT2D eigenvalue weighted by Crippen LogP contribution is 2.35. The van der Waals surface area contributed by atoms with Gasteiger partial charge in [-0.15, -0.1) is 0 Å². The molecule has 0 atom stereocenters. The third kappa shape index (κ3) is 2.79. The van der Waals surface area contributed by atoms with Gasteiger partial charge in [0.15, 0.2) is 0 Å². The van der Waals surface area contributed by atoms with Gasteiger partial charge in [0.2, 0.25) is 0 Å². The Bertz CT molecular complexity index is 789. The van der Waals surface area contributed by atoms with Crippen molar-refractivity contribution < 1.29 is 9.13 Å². The highest BCUT2D eigenvalue weighted by Gasteiger charge is 2.24. The molecule has 120 valence electrons. The van der Waals surface area contributed by atoms with E-state index in [0.29, 0.717) is 28.6 Å². The van der Waals surface area contributed by atoms with Crippen molar-refractivity contribution in [2.24, 2.45) is 4.99 Å². The summed E-state index contributed by atoms with van der Waals surface area (Å²) in [7, 11) is 3.55. The average Bonchev–Trinajstić information content (AvgIpc) is 2.71. The summed E-state index contributed by atoms with van der Waals surface area (Å²) >= 11 is 6.56. The van der Waals surface area contributed by atoms with Crippen molar-refractivity contribution in [1.82, 2.24) is 0 Å². The molecule has 23 heavy (non-hydrogen) atoms. The Kier molecular flexibility index (Phi) is 4.26. The minimum absolute atomic E-state index is 0.336. The van der Waals surface area contributed by atoms with Gasteiger partial charge in [0.25, 0.3) is 0 Å². The molecule has 1 aliphatic rings. The monoisotopic (exact) mass is 332 g/mol. The van der Waals surface area contributed by atoms with E-state index in [-0.39, 0.29) is 5.82 Å². The maximum Gasteiger partial charge on any atom is 0.132 e. The van der Waals surface area contributed by atoms with Gasteiger partial charge in [0, 0.05) is 30.4 Å². The molecule has 3 rings (SSSR count). The number of ether oxygens (including phenoxy) is 1. The Morgan fingerprint density at radius 3 is 2.78 bits per heavy atom. The summed E-state index contributed by atoms with van der Waals surface area (Å²) in [5.41, 5.74) is 3.66. The van der Waals surface area contributed by atoms with Crippen LogP contribution in [0.25, 0.3) is 0 Å². The Labute approximate surface area is 140 Å². The van der Waals surface area contributed by atoms with Gasteiger partial charge in [-0.05, 0) is 36.8 Å². The molecular weight excluding hydrogens is 315 g/mol. The molecule has 0 saturated heterocycles. The molecule has 5 heteroatoms. The summed E-state index contributed by atoms with van der Waals surface area (Å²) < 4.78 is 19.7. The Morgan fingerprint density at radius 1 is 1.26 bits per heavy atom. The number of hydrogen-bond donors (Lipinski definition) is 0. The molecule has 1 aliphatic heterocycles. The second-order valence-electron chi connectivity index (χ2n) is 5.59. The summed E-state index contributed by atoms with van der Waals surface area (Å²) in [6, 6.07) is 8.65. The van der Waals surface area contributed by atoms with Crippen LogP contribution in [-0.2, 0) is 0 Å². The van der Waals surface area contributed by atoms with Crippen LogP contribution < -0.4 is 9.64 Å². The summed E-state index contributed by atoms with van der Waals surface area (Å²) in [5.74, 6) is 0.254. The predicted molar refractivity (Wildman–Crippen MR) is 92.9 cm³/mol. The molecule has 2 aromatic carbocycles. The average molecular weight is 333 g/mol. The normalized spacial score (nSPS) is 14.1. The van der Waals surface area contributed by atoms with Crippen LogP contribution in [0.2, 0.25) is 5.02 Å². The number of aryl methyl sites for hydroxylation is 1. The SMILES string of the molecule is COc1ccc(F)c(C2=NCCN(C)c3ccc(C)c(Cl)c32)c1. The van der Waals surface area contributed by atoms with Crippen LogP contribution >= 0.6 is 11.6 Å². The first-order valence-corrected chi connectivity index (χ1v) is 7.79. The van der Waals surface area contributed by atoms with Crippen molar-refractivity contribution >= 4 is 23.0 Å². The molecule has 0 N–H and O–H groups in total. The number of anilines is 1. The third-order valence-corrected chi connectivity index (χ3v) is 4.58. The highest BCUT2D eigenvalue weighted by atomic mass is 35.5. The molecule has 0 fully saturated rings. The zero-order chi connectivity index (χ0) is 16.6. The van der Waals surface area contributed by atoms with E-state index >= 15 is 0 Å². The van der Waals surface area contributed by atoms with E-state index in [0.717, 1.165) is 23.4 Å². The zero-order valence-corrected chi connectivity index (χ0v) is 14.1. The van der Waals surface area contributed by atoms with Crippen molar-refractivity contribution in [3.8, 4) is 5.75 Å². The van der Waals surface area contributed by atoms with E-state index in [1.807, 2.05) is 26.1 Å². The number of hydrogen-bond acceptors (Lipinski definition) is 3. The Hall–Kier alpha value is -2.07. The molecular formula is C18H18ClFN2O. The topological polar surface area (TPSA) is 24.8 Å². The van der Waals surface area contributed by atoms with Gasteiger partial charge >= 0.3 is 0 Å². The molecule has 0 aliphatic carbocycles. The number of halogens is 2. The molecule has 3 nitrogen and oxygen atoms in total. The van der Waals surface area contributed by atoms with Crippen LogP contribution in [-0.4, -0.2) is 33.0 Å². The van der Waals surface area contributed by atoms with Gasteiger partial charge in [-0.1, -0.05) is 17.7 Å². The van der Waals surface area contributed by atoms with Crippen LogP contribution in [0.15, 0.2) is 35.3 Å². The first kappa shape index (κ1) is 15.8. The van der Waals surface area contributed by atoms with Gasteiger partial charge in [-0.2, -0.15) is 0 Å². The molecule has 0 radical (unpaired) electrons. The smallest absolute Gasteiger partial charge is 0.132 e. The summed E-state index contributed by atoms with van der Waals surface area (Å²) in [6.45, 7) is 3.26. The quantitative estimate of drug-likeness (QED) is 0.827. The van der Waals surface area contributed by atoms with Crippen LogP contribution in [0.3, 0.4) is 0 Å². The Morgan fingerprint density at radius 2 is 2.04 bits per heavy atom. The van der Waals surface area contributed by atoms with Gasteiger partial charge < -0.3 is 9.64 Å². The lowest BCUT2D eigenvalue weighted by molar-refractivity contribution is 0.413. The zero-order valence-electron chi connectivity index (χ0n) is 13.4. The van der Waals surface area contributed by atoms with Crippen LogP contribution in [0.5, 0.6) is 5.75 Å². The molecule has 1 heterocycles. The lowest BCUT2D eigenvalue weighted by Gasteiger charge is -2.21. The molecule has 2 aromatic rings. The van der Waals surface area contributed by atoms with E-state index in [1.165, 1.54) is 6.07 Å². The molecule has 0 spiro atoms. The van der Waals surface area contributed by atoms with E-state index in [1.54, 1.807) is 19.2 Å². The summed E-state index contributed by atoms with van der Waals surface area (Å²) in [6.07, 6.45) is 0. The van der Waals surface area contributed by atoms with Crippen LogP contribution in [0, 0.1) is 12.7 Å². The van der Waals surface area contributed by atoms with Crippen LogP contribution in [0.1, 0.15) is 16.7 Å². The number of fused-ring (bicyclic) bond motifs is 1. The van der Waals surface area contributed by atoms with Gasteiger partial charge in [0.05, 0.1) is 24.4 Å². The maximum atomic E-state index is 14.5. The second-order valence-corrected chi connectivity index (χ2v) is 5.97. The van der Waals surface area contributed by atoms with Crippen molar-refractivity contribution in [2.45, 2.75) is 6.92 Å².